The lowest BCUT2D eigenvalue weighted by atomic mass is 10.3. The van der Waals surface area contributed by atoms with Gasteiger partial charge in [-0.2, -0.15) is 0 Å². The lowest BCUT2D eigenvalue weighted by Gasteiger charge is -2.17. The van der Waals surface area contributed by atoms with Gasteiger partial charge in [0.05, 0.1) is 17.1 Å². The second-order valence-electron chi connectivity index (χ2n) is 3.78. The van der Waals surface area contributed by atoms with Crippen molar-refractivity contribution in [2.24, 2.45) is 0 Å². The molecule has 1 rings (SSSR count). The monoisotopic (exact) mass is 256 g/mol. The summed E-state index contributed by atoms with van der Waals surface area (Å²) in [4.78, 5) is 12.1. The minimum atomic E-state index is -0.665. The lowest BCUT2D eigenvalue weighted by molar-refractivity contribution is -0.385. The van der Waals surface area contributed by atoms with Crippen LogP contribution in [0.3, 0.4) is 0 Å². The highest BCUT2D eigenvalue weighted by Gasteiger charge is 2.10. The number of nitro groups is 1. The number of ether oxygens (including phenoxy) is 1. The van der Waals surface area contributed by atoms with Crippen LogP contribution in [0.4, 0.5) is 10.1 Å². The fraction of sp³-hybridized carbons (Fsp3) is 0.500. The molecule has 0 N–H and O–H groups in total. The van der Waals surface area contributed by atoms with E-state index in [9.17, 15) is 14.5 Å². The van der Waals surface area contributed by atoms with Crippen LogP contribution in [0.5, 0.6) is 5.75 Å². The average Bonchev–Trinajstić information content (AvgIpc) is 2.34. The summed E-state index contributed by atoms with van der Waals surface area (Å²) in [6.45, 7) is 6.97. The fourth-order valence-electron chi connectivity index (χ4n) is 1.57. The Morgan fingerprint density at radius 1 is 1.33 bits per heavy atom. The van der Waals surface area contributed by atoms with E-state index in [2.05, 4.69) is 4.90 Å². The van der Waals surface area contributed by atoms with E-state index in [-0.39, 0.29) is 11.4 Å². The van der Waals surface area contributed by atoms with Crippen LogP contribution >= 0.6 is 0 Å². The first-order valence-corrected chi connectivity index (χ1v) is 5.87. The summed E-state index contributed by atoms with van der Waals surface area (Å²) in [7, 11) is 0. The zero-order valence-corrected chi connectivity index (χ0v) is 10.6. The quantitative estimate of drug-likeness (QED) is 0.555. The average molecular weight is 256 g/mol. The number of hydrogen-bond acceptors (Lipinski definition) is 4. The third-order valence-corrected chi connectivity index (χ3v) is 2.64. The number of halogens is 1. The smallest absolute Gasteiger partial charge is 0.276 e. The van der Waals surface area contributed by atoms with Crippen LogP contribution in [0.25, 0.3) is 0 Å². The zero-order valence-electron chi connectivity index (χ0n) is 10.6. The van der Waals surface area contributed by atoms with Crippen molar-refractivity contribution in [2.45, 2.75) is 13.8 Å². The van der Waals surface area contributed by atoms with E-state index in [0.717, 1.165) is 25.2 Å². The van der Waals surface area contributed by atoms with E-state index >= 15 is 0 Å². The second-order valence-corrected chi connectivity index (χ2v) is 3.78. The van der Waals surface area contributed by atoms with Gasteiger partial charge in [-0.1, -0.05) is 13.8 Å². The van der Waals surface area contributed by atoms with Crippen molar-refractivity contribution in [3.8, 4) is 5.75 Å². The number of non-ortho nitro benzene ring substituents is 1. The minimum Gasteiger partial charge on any atom is -0.492 e. The Hall–Kier alpha value is -1.69. The summed E-state index contributed by atoms with van der Waals surface area (Å²) in [6.07, 6.45) is 0. The van der Waals surface area contributed by atoms with Gasteiger partial charge < -0.3 is 9.64 Å². The third kappa shape index (κ3) is 4.29. The van der Waals surface area contributed by atoms with Crippen molar-refractivity contribution < 1.29 is 14.1 Å². The summed E-state index contributed by atoms with van der Waals surface area (Å²) in [5.41, 5.74) is -0.298. The van der Waals surface area contributed by atoms with Crippen LogP contribution in [0.1, 0.15) is 13.8 Å². The Morgan fingerprint density at radius 2 is 2.00 bits per heavy atom. The van der Waals surface area contributed by atoms with Gasteiger partial charge in [-0.05, 0) is 13.1 Å². The normalized spacial score (nSPS) is 10.7. The number of nitro benzene ring substituents is 1. The van der Waals surface area contributed by atoms with E-state index in [1.807, 2.05) is 13.8 Å². The van der Waals surface area contributed by atoms with E-state index in [1.54, 1.807) is 0 Å². The molecule has 0 fully saturated rings. The molecule has 0 bridgehead atoms. The van der Waals surface area contributed by atoms with Crippen molar-refractivity contribution >= 4 is 5.69 Å². The van der Waals surface area contributed by atoms with E-state index in [4.69, 9.17) is 4.74 Å². The van der Waals surface area contributed by atoms with Crippen LogP contribution in [0.2, 0.25) is 0 Å². The molecule has 0 unspecified atom stereocenters. The first-order chi connectivity index (χ1) is 8.56. The molecule has 0 aliphatic carbocycles. The summed E-state index contributed by atoms with van der Waals surface area (Å²) in [5, 5.41) is 10.6. The Balaban J connectivity index is 2.59. The highest BCUT2D eigenvalue weighted by atomic mass is 19.1. The van der Waals surface area contributed by atoms with Gasteiger partial charge in [-0.25, -0.2) is 4.39 Å². The molecule has 100 valence electrons. The minimum absolute atomic E-state index is 0.189. The van der Waals surface area contributed by atoms with Crippen LogP contribution in [-0.4, -0.2) is 36.1 Å². The molecule has 6 heteroatoms. The highest BCUT2D eigenvalue weighted by molar-refractivity contribution is 5.38. The largest absolute Gasteiger partial charge is 0.492 e. The predicted octanol–water partition coefficient (Wildman–Crippen LogP) is 2.45. The highest BCUT2D eigenvalue weighted by Crippen LogP contribution is 2.21. The number of hydrogen-bond donors (Lipinski definition) is 0. The molecule has 5 nitrogen and oxygen atoms in total. The standard InChI is InChI=1S/C12H17FN2O3/c1-3-14(4-2)5-6-18-12-8-10(13)7-11(9-12)15(16)17/h7-9H,3-6H2,1-2H3. The molecule has 0 aromatic heterocycles. The molecule has 0 heterocycles. The fourth-order valence-corrected chi connectivity index (χ4v) is 1.57. The van der Waals surface area contributed by atoms with Crippen molar-refractivity contribution in [1.29, 1.82) is 0 Å². The first kappa shape index (κ1) is 14.4. The van der Waals surface area contributed by atoms with Gasteiger partial charge in [0, 0.05) is 12.6 Å². The Labute approximate surface area is 105 Å². The van der Waals surface area contributed by atoms with Gasteiger partial charge in [-0.15, -0.1) is 0 Å². The third-order valence-electron chi connectivity index (χ3n) is 2.64. The summed E-state index contributed by atoms with van der Waals surface area (Å²) < 4.78 is 18.4. The van der Waals surface area contributed by atoms with Gasteiger partial charge in [-0.3, -0.25) is 10.1 Å². The van der Waals surface area contributed by atoms with Crippen molar-refractivity contribution in [2.75, 3.05) is 26.2 Å². The predicted molar refractivity (Wildman–Crippen MR) is 66.3 cm³/mol. The molecule has 0 saturated heterocycles. The number of benzene rings is 1. The molecule has 1 aromatic carbocycles. The van der Waals surface area contributed by atoms with E-state index < -0.39 is 10.7 Å². The zero-order chi connectivity index (χ0) is 13.5. The molecule has 0 aliphatic heterocycles. The molecular formula is C12H17FN2O3. The molecule has 18 heavy (non-hydrogen) atoms. The van der Waals surface area contributed by atoms with Crippen LogP contribution < -0.4 is 4.74 Å². The van der Waals surface area contributed by atoms with Gasteiger partial charge in [0.1, 0.15) is 18.2 Å². The Kier molecular flexibility index (Phi) is 5.51. The van der Waals surface area contributed by atoms with E-state index in [0.29, 0.717) is 13.2 Å². The van der Waals surface area contributed by atoms with Crippen LogP contribution in [0.15, 0.2) is 18.2 Å². The maximum absolute atomic E-state index is 13.1. The lowest BCUT2D eigenvalue weighted by Crippen LogP contribution is -2.27. The molecule has 1 aromatic rings. The second kappa shape index (κ2) is 6.90. The number of rotatable bonds is 7. The molecule has 0 aliphatic rings. The topological polar surface area (TPSA) is 55.6 Å². The molecule has 0 spiro atoms. The Bertz CT molecular complexity index is 408. The van der Waals surface area contributed by atoms with Crippen molar-refractivity contribution in [3.05, 3.63) is 34.1 Å². The van der Waals surface area contributed by atoms with Crippen LogP contribution in [0, 0.1) is 15.9 Å². The first-order valence-electron chi connectivity index (χ1n) is 5.87. The molecule has 0 amide bonds. The summed E-state index contributed by atoms with van der Waals surface area (Å²) >= 11 is 0. The maximum Gasteiger partial charge on any atom is 0.276 e. The Morgan fingerprint density at radius 3 is 2.56 bits per heavy atom. The molecule has 0 atom stereocenters. The van der Waals surface area contributed by atoms with Gasteiger partial charge in [0.2, 0.25) is 0 Å². The van der Waals surface area contributed by atoms with E-state index in [1.165, 1.54) is 6.07 Å². The van der Waals surface area contributed by atoms with Gasteiger partial charge >= 0.3 is 0 Å². The van der Waals surface area contributed by atoms with Crippen LogP contribution in [-0.2, 0) is 0 Å². The molecular weight excluding hydrogens is 239 g/mol. The summed E-state index contributed by atoms with van der Waals surface area (Å²) in [5.74, 6) is -0.476. The SMILES string of the molecule is CCN(CC)CCOc1cc(F)cc([N+](=O)[O-])c1. The van der Waals surface area contributed by atoms with Gasteiger partial charge in [0.25, 0.3) is 5.69 Å². The number of likely N-dealkylation sites (N-methyl/N-ethyl adjacent to an activating group) is 1. The maximum atomic E-state index is 13.1. The molecule has 0 radical (unpaired) electrons. The van der Waals surface area contributed by atoms with Crippen molar-refractivity contribution in [1.82, 2.24) is 4.90 Å². The number of nitrogens with zero attached hydrogens (tertiary/aromatic N) is 2. The van der Waals surface area contributed by atoms with Crippen molar-refractivity contribution in [3.63, 3.8) is 0 Å². The molecule has 0 saturated carbocycles. The van der Waals surface area contributed by atoms with Gasteiger partial charge in [0.15, 0.2) is 0 Å². The summed E-state index contributed by atoms with van der Waals surface area (Å²) in [6, 6.07) is 3.25.